The van der Waals surface area contributed by atoms with Crippen molar-refractivity contribution in [1.29, 1.82) is 0 Å². The Kier molecular flexibility index (Phi) is 3.54. The third-order valence-electron chi connectivity index (χ3n) is 4.06. The summed E-state index contributed by atoms with van der Waals surface area (Å²) in [7, 11) is 0. The molecule has 0 spiro atoms. The van der Waals surface area contributed by atoms with Gasteiger partial charge in [-0.2, -0.15) is 0 Å². The highest BCUT2D eigenvalue weighted by Crippen LogP contribution is 2.33. The number of benzene rings is 2. The first-order valence-corrected chi connectivity index (χ1v) is 7.22. The molecule has 100 valence electrons. The summed E-state index contributed by atoms with van der Waals surface area (Å²) in [6.07, 6.45) is 6.41. The number of aryl methyl sites for hydroxylation is 1. The Hall–Kier alpha value is -2.11. The molecule has 20 heavy (non-hydrogen) atoms. The number of ketones is 1. The van der Waals surface area contributed by atoms with E-state index in [1.54, 1.807) is 0 Å². The highest BCUT2D eigenvalue weighted by Gasteiger charge is 2.21. The summed E-state index contributed by atoms with van der Waals surface area (Å²) < 4.78 is 0. The number of carbonyl (C=O) groups is 1. The molecule has 0 heterocycles. The van der Waals surface area contributed by atoms with E-state index in [0.717, 1.165) is 30.2 Å². The van der Waals surface area contributed by atoms with E-state index in [-0.39, 0.29) is 5.78 Å². The van der Waals surface area contributed by atoms with Crippen molar-refractivity contribution < 1.29 is 4.79 Å². The van der Waals surface area contributed by atoms with Gasteiger partial charge in [-0.3, -0.25) is 4.79 Å². The van der Waals surface area contributed by atoms with Crippen LogP contribution in [0.4, 0.5) is 0 Å². The molecule has 0 aliphatic heterocycles. The zero-order chi connectivity index (χ0) is 13.9. The van der Waals surface area contributed by atoms with Gasteiger partial charge >= 0.3 is 0 Å². The maximum absolute atomic E-state index is 12.6. The van der Waals surface area contributed by atoms with E-state index >= 15 is 0 Å². The Labute approximate surface area is 119 Å². The molecule has 0 bridgehead atoms. The van der Waals surface area contributed by atoms with E-state index in [2.05, 4.69) is 30.5 Å². The second-order valence-electron chi connectivity index (χ2n) is 5.33. The number of fused-ring (bicyclic) bond motifs is 2. The van der Waals surface area contributed by atoms with Crippen molar-refractivity contribution in [1.82, 2.24) is 0 Å². The molecule has 1 aliphatic rings. The number of hydrogen-bond donors (Lipinski definition) is 0. The summed E-state index contributed by atoms with van der Waals surface area (Å²) in [5.74, 6) is 0.256. The smallest absolute Gasteiger partial charge is 0.164 e. The molecule has 0 N–H and O–H groups in total. The van der Waals surface area contributed by atoms with Gasteiger partial charge in [0.1, 0.15) is 0 Å². The first-order valence-electron chi connectivity index (χ1n) is 7.22. The Morgan fingerprint density at radius 2 is 2.15 bits per heavy atom. The van der Waals surface area contributed by atoms with Gasteiger partial charge in [0.05, 0.1) is 0 Å². The molecule has 1 nitrogen and oxygen atoms in total. The second kappa shape index (κ2) is 5.48. The van der Waals surface area contributed by atoms with Crippen molar-refractivity contribution in [2.75, 3.05) is 0 Å². The largest absolute Gasteiger partial charge is 0.294 e. The Bertz CT molecular complexity index is 718. The van der Waals surface area contributed by atoms with Crippen molar-refractivity contribution in [3.05, 3.63) is 65.4 Å². The SMILES string of the molecule is C=C=CCCC(=O)c1c2c(cc3ccccc13)CCC2. The fourth-order valence-corrected chi connectivity index (χ4v) is 3.16. The number of Topliss-reactive ketones (excluding diaryl/α,β-unsaturated/α-hetero) is 1. The lowest BCUT2D eigenvalue weighted by Crippen LogP contribution is -2.05. The van der Waals surface area contributed by atoms with E-state index < -0.39 is 0 Å². The third-order valence-corrected chi connectivity index (χ3v) is 4.06. The van der Waals surface area contributed by atoms with E-state index in [1.165, 1.54) is 22.9 Å². The van der Waals surface area contributed by atoms with Gasteiger partial charge in [-0.25, -0.2) is 0 Å². The lowest BCUT2D eigenvalue weighted by atomic mass is 9.91. The number of rotatable bonds is 4. The van der Waals surface area contributed by atoms with Crippen LogP contribution in [0.25, 0.3) is 10.8 Å². The molecular weight excluding hydrogens is 244 g/mol. The van der Waals surface area contributed by atoms with Crippen LogP contribution in [0.3, 0.4) is 0 Å². The van der Waals surface area contributed by atoms with Crippen molar-refractivity contribution >= 4 is 16.6 Å². The van der Waals surface area contributed by atoms with Crippen LogP contribution in [0.2, 0.25) is 0 Å². The predicted molar refractivity (Wildman–Crippen MR) is 83.2 cm³/mol. The number of carbonyl (C=O) groups excluding carboxylic acids is 1. The van der Waals surface area contributed by atoms with Crippen LogP contribution < -0.4 is 0 Å². The minimum absolute atomic E-state index is 0.256. The minimum atomic E-state index is 0.256. The normalized spacial score (nSPS) is 13.0. The standard InChI is InChI=1S/C19H18O/c1-2-3-4-12-18(20)19-16-10-6-5-8-14(16)13-15-9-7-11-17(15)19/h3,5-6,8,10,13H,1,4,7,9,11-12H2. The van der Waals surface area contributed by atoms with Crippen molar-refractivity contribution in [2.45, 2.75) is 32.1 Å². The van der Waals surface area contributed by atoms with Crippen LogP contribution in [-0.2, 0) is 12.8 Å². The molecule has 1 heteroatoms. The van der Waals surface area contributed by atoms with Gasteiger partial charge in [-0.05, 0) is 53.7 Å². The van der Waals surface area contributed by atoms with E-state index in [1.807, 2.05) is 18.2 Å². The molecular formula is C19H18O. The summed E-state index contributed by atoms with van der Waals surface area (Å²) in [4.78, 5) is 12.6. The van der Waals surface area contributed by atoms with Gasteiger partial charge in [0.15, 0.2) is 5.78 Å². The van der Waals surface area contributed by atoms with Crippen LogP contribution in [0.15, 0.2) is 48.7 Å². The molecule has 0 unspecified atom stereocenters. The highest BCUT2D eigenvalue weighted by molar-refractivity contribution is 6.10. The lowest BCUT2D eigenvalue weighted by Gasteiger charge is -2.12. The monoisotopic (exact) mass is 262 g/mol. The first kappa shape index (κ1) is 12.9. The molecule has 0 saturated heterocycles. The van der Waals surface area contributed by atoms with E-state index in [9.17, 15) is 4.79 Å². The fraction of sp³-hybridized carbons (Fsp3) is 0.263. The molecule has 3 rings (SSSR count). The molecule has 0 saturated carbocycles. The van der Waals surface area contributed by atoms with E-state index in [4.69, 9.17) is 0 Å². The second-order valence-corrected chi connectivity index (χ2v) is 5.33. The Balaban J connectivity index is 2.12. The Morgan fingerprint density at radius 1 is 1.30 bits per heavy atom. The topological polar surface area (TPSA) is 17.1 Å². The highest BCUT2D eigenvalue weighted by atomic mass is 16.1. The Morgan fingerprint density at radius 3 is 3.00 bits per heavy atom. The molecule has 0 fully saturated rings. The average molecular weight is 262 g/mol. The van der Waals surface area contributed by atoms with Gasteiger partial charge in [0.2, 0.25) is 0 Å². The van der Waals surface area contributed by atoms with Gasteiger partial charge in [-0.15, -0.1) is 5.73 Å². The zero-order valence-corrected chi connectivity index (χ0v) is 11.6. The molecule has 2 aromatic carbocycles. The fourth-order valence-electron chi connectivity index (χ4n) is 3.16. The van der Waals surface area contributed by atoms with Crippen LogP contribution in [-0.4, -0.2) is 5.78 Å². The summed E-state index contributed by atoms with van der Waals surface area (Å²) in [5, 5.41) is 2.30. The molecule has 0 amide bonds. The van der Waals surface area contributed by atoms with Gasteiger partial charge in [0, 0.05) is 12.0 Å². The van der Waals surface area contributed by atoms with Gasteiger partial charge in [0.25, 0.3) is 0 Å². The number of hydrogen-bond acceptors (Lipinski definition) is 1. The summed E-state index contributed by atoms with van der Waals surface area (Å²) in [5.41, 5.74) is 6.36. The zero-order valence-electron chi connectivity index (χ0n) is 11.6. The molecule has 0 atom stereocenters. The van der Waals surface area contributed by atoms with E-state index in [0.29, 0.717) is 6.42 Å². The first-order chi connectivity index (χ1) is 9.81. The molecule has 1 aliphatic carbocycles. The molecule has 2 aromatic rings. The average Bonchev–Trinajstić information content (AvgIpc) is 2.92. The maximum atomic E-state index is 12.6. The van der Waals surface area contributed by atoms with Crippen molar-refractivity contribution in [2.24, 2.45) is 0 Å². The van der Waals surface area contributed by atoms with Crippen LogP contribution in [0, 0.1) is 0 Å². The molecule has 0 radical (unpaired) electrons. The summed E-state index contributed by atoms with van der Waals surface area (Å²) in [6, 6.07) is 10.5. The molecule has 0 aromatic heterocycles. The van der Waals surface area contributed by atoms with Gasteiger partial charge < -0.3 is 0 Å². The number of allylic oxidation sites excluding steroid dienone is 1. The maximum Gasteiger partial charge on any atom is 0.164 e. The third kappa shape index (κ3) is 2.21. The van der Waals surface area contributed by atoms with Crippen LogP contribution in [0.1, 0.15) is 40.7 Å². The van der Waals surface area contributed by atoms with Crippen LogP contribution in [0.5, 0.6) is 0 Å². The van der Waals surface area contributed by atoms with Crippen molar-refractivity contribution in [3.63, 3.8) is 0 Å². The van der Waals surface area contributed by atoms with Crippen LogP contribution >= 0.6 is 0 Å². The minimum Gasteiger partial charge on any atom is -0.294 e. The van der Waals surface area contributed by atoms with Gasteiger partial charge in [-0.1, -0.05) is 36.9 Å². The lowest BCUT2D eigenvalue weighted by molar-refractivity contribution is 0.0984. The van der Waals surface area contributed by atoms with Crippen molar-refractivity contribution in [3.8, 4) is 0 Å². The summed E-state index contributed by atoms with van der Waals surface area (Å²) in [6.45, 7) is 3.55. The quantitative estimate of drug-likeness (QED) is 0.580. The predicted octanol–water partition coefficient (Wildman–Crippen LogP) is 4.63. The summed E-state index contributed by atoms with van der Waals surface area (Å²) >= 11 is 0.